The Bertz CT molecular complexity index is 404. The van der Waals surface area contributed by atoms with Crippen molar-refractivity contribution < 1.29 is 9.47 Å². The number of benzene rings is 1. The van der Waals surface area contributed by atoms with Gasteiger partial charge in [0.2, 0.25) is 0 Å². The van der Waals surface area contributed by atoms with Crippen molar-refractivity contribution in [2.75, 3.05) is 19.8 Å². The molecular formula is C16H26ClNO2. The van der Waals surface area contributed by atoms with Gasteiger partial charge in [0, 0.05) is 17.1 Å². The maximum absolute atomic E-state index is 6.43. The first-order chi connectivity index (χ1) is 9.67. The summed E-state index contributed by atoms with van der Waals surface area (Å²) in [4.78, 5) is 0. The second kappa shape index (κ2) is 9.09. The molecule has 0 spiro atoms. The molecule has 0 aliphatic carbocycles. The summed E-state index contributed by atoms with van der Waals surface area (Å²) in [5.41, 5.74) is 1.09. The summed E-state index contributed by atoms with van der Waals surface area (Å²) in [7, 11) is 0. The first-order valence-electron chi connectivity index (χ1n) is 7.50. The summed E-state index contributed by atoms with van der Waals surface area (Å²) in [6.45, 7) is 10.3. The van der Waals surface area contributed by atoms with Gasteiger partial charge in [0.1, 0.15) is 0 Å². The molecule has 1 aromatic carbocycles. The molecule has 20 heavy (non-hydrogen) atoms. The molecule has 1 aromatic rings. The zero-order valence-electron chi connectivity index (χ0n) is 13.0. The van der Waals surface area contributed by atoms with Crippen LogP contribution in [0.3, 0.4) is 0 Å². The lowest BCUT2D eigenvalue weighted by atomic mass is 10.0. The third-order valence-corrected chi connectivity index (χ3v) is 3.39. The van der Waals surface area contributed by atoms with Crippen LogP contribution in [-0.4, -0.2) is 19.8 Å². The number of rotatable bonds is 9. The van der Waals surface area contributed by atoms with Crippen LogP contribution in [0.1, 0.15) is 52.1 Å². The average molecular weight is 300 g/mol. The Kier molecular flexibility index (Phi) is 7.78. The van der Waals surface area contributed by atoms with E-state index in [-0.39, 0.29) is 6.04 Å². The standard InChI is InChI=1S/C16H26ClNO2/c1-5-9-14(18-6-2)12-10-15(19-7-3)16(20-8-4)11-13(12)17/h10-11,14,18H,5-9H2,1-4H3. The predicted octanol–water partition coefficient (Wildman–Crippen LogP) is 4.59. The highest BCUT2D eigenvalue weighted by atomic mass is 35.5. The van der Waals surface area contributed by atoms with Gasteiger partial charge in [0.05, 0.1) is 13.2 Å². The Morgan fingerprint density at radius 3 is 2.15 bits per heavy atom. The molecular weight excluding hydrogens is 274 g/mol. The van der Waals surface area contributed by atoms with Crippen molar-refractivity contribution in [3.05, 3.63) is 22.7 Å². The van der Waals surface area contributed by atoms with Gasteiger partial charge in [-0.3, -0.25) is 0 Å². The molecule has 1 N–H and O–H groups in total. The lowest BCUT2D eigenvalue weighted by Crippen LogP contribution is -2.21. The van der Waals surface area contributed by atoms with Gasteiger partial charge in [0.25, 0.3) is 0 Å². The second-order valence-corrected chi connectivity index (χ2v) is 4.99. The van der Waals surface area contributed by atoms with Crippen molar-refractivity contribution in [3.63, 3.8) is 0 Å². The molecule has 114 valence electrons. The van der Waals surface area contributed by atoms with Crippen molar-refractivity contribution in [1.82, 2.24) is 5.32 Å². The summed E-state index contributed by atoms with van der Waals surface area (Å²) < 4.78 is 11.3. The van der Waals surface area contributed by atoms with E-state index in [1.54, 1.807) is 0 Å². The molecule has 4 heteroatoms. The fraction of sp³-hybridized carbons (Fsp3) is 0.625. The van der Waals surface area contributed by atoms with Crippen LogP contribution in [0, 0.1) is 0 Å². The molecule has 0 saturated heterocycles. The highest BCUT2D eigenvalue weighted by Crippen LogP contribution is 2.37. The number of ether oxygens (including phenoxy) is 2. The normalized spacial score (nSPS) is 12.2. The zero-order valence-corrected chi connectivity index (χ0v) is 13.7. The molecule has 1 atom stereocenters. The molecule has 3 nitrogen and oxygen atoms in total. The SMILES string of the molecule is CCCC(NCC)c1cc(OCC)c(OCC)cc1Cl. The van der Waals surface area contributed by atoms with Gasteiger partial charge in [-0.15, -0.1) is 0 Å². The lowest BCUT2D eigenvalue weighted by Gasteiger charge is -2.21. The number of hydrogen-bond acceptors (Lipinski definition) is 3. The van der Waals surface area contributed by atoms with Crippen molar-refractivity contribution in [1.29, 1.82) is 0 Å². The Morgan fingerprint density at radius 2 is 1.65 bits per heavy atom. The van der Waals surface area contributed by atoms with Gasteiger partial charge < -0.3 is 14.8 Å². The molecule has 0 aliphatic heterocycles. The molecule has 0 radical (unpaired) electrons. The summed E-state index contributed by atoms with van der Waals surface area (Å²) in [5.74, 6) is 1.49. The number of nitrogens with one attached hydrogen (secondary N) is 1. The highest BCUT2D eigenvalue weighted by molar-refractivity contribution is 6.31. The largest absolute Gasteiger partial charge is 0.490 e. The molecule has 1 rings (SSSR count). The van der Waals surface area contributed by atoms with Crippen LogP contribution in [-0.2, 0) is 0 Å². The third kappa shape index (κ3) is 4.57. The minimum atomic E-state index is 0.257. The molecule has 0 aliphatic rings. The van der Waals surface area contributed by atoms with Crippen LogP contribution in [0.25, 0.3) is 0 Å². The van der Waals surface area contributed by atoms with E-state index in [1.807, 2.05) is 26.0 Å². The van der Waals surface area contributed by atoms with E-state index in [1.165, 1.54) is 0 Å². The number of hydrogen-bond donors (Lipinski definition) is 1. The molecule has 0 amide bonds. The minimum absolute atomic E-state index is 0.257. The van der Waals surface area contributed by atoms with E-state index < -0.39 is 0 Å². The van der Waals surface area contributed by atoms with Gasteiger partial charge in [-0.05, 0) is 38.4 Å². The van der Waals surface area contributed by atoms with Gasteiger partial charge in [-0.25, -0.2) is 0 Å². The summed E-state index contributed by atoms with van der Waals surface area (Å²) in [5, 5.41) is 4.21. The molecule has 1 unspecified atom stereocenters. The van der Waals surface area contributed by atoms with Crippen LogP contribution in [0.5, 0.6) is 11.5 Å². The van der Waals surface area contributed by atoms with Gasteiger partial charge in [0.15, 0.2) is 11.5 Å². The van der Waals surface area contributed by atoms with Crippen LogP contribution in [0.2, 0.25) is 5.02 Å². The first-order valence-corrected chi connectivity index (χ1v) is 7.87. The van der Waals surface area contributed by atoms with Crippen LogP contribution in [0.4, 0.5) is 0 Å². The minimum Gasteiger partial charge on any atom is -0.490 e. The maximum atomic E-state index is 6.43. The van der Waals surface area contributed by atoms with Crippen LogP contribution < -0.4 is 14.8 Å². The smallest absolute Gasteiger partial charge is 0.162 e. The second-order valence-electron chi connectivity index (χ2n) is 4.59. The van der Waals surface area contributed by atoms with Crippen molar-refractivity contribution >= 4 is 11.6 Å². The fourth-order valence-corrected chi connectivity index (χ4v) is 2.54. The zero-order chi connectivity index (χ0) is 15.0. The lowest BCUT2D eigenvalue weighted by molar-refractivity contribution is 0.287. The maximum Gasteiger partial charge on any atom is 0.162 e. The van der Waals surface area contributed by atoms with Gasteiger partial charge >= 0.3 is 0 Å². The monoisotopic (exact) mass is 299 g/mol. The molecule has 0 aromatic heterocycles. The molecule has 0 fully saturated rings. The molecule has 0 saturated carbocycles. The Labute approximate surface area is 127 Å². The van der Waals surface area contributed by atoms with Crippen LogP contribution >= 0.6 is 11.6 Å². The summed E-state index contributed by atoms with van der Waals surface area (Å²) in [6.07, 6.45) is 2.15. The Morgan fingerprint density at radius 1 is 1.05 bits per heavy atom. The Hall–Kier alpha value is -0.930. The third-order valence-electron chi connectivity index (χ3n) is 3.07. The predicted molar refractivity (Wildman–Crippen MR) is 85.1 cm³/mol. The average Bonchev–Trinajstić information content (AvgIpc) is 2.42. The van der Waals surface area contributed by atoms with Crippen LogP contribution in [0.15, 0.2) is 12.1 Å². The van der Waals surface area contributed by atoms with E-state index in [0.29, 0.717) is 13.2 Å². The van der Waals surface area contributed by atoms with Crippen molar-refractivity contribution in [2.24, 2.45) is 0 Å². The van der Waals surface area contributed by atoms with E-state index >= 15 is 0 Å². The topological polar surface area (TPSA) is 30.5 Å². The van der Waals surface area contributed by atoms with Gasteiger partial charge in [-0.1, -0.05) is 31.9 Å². The Balaban J connectivity index is 3.14. The van der Waals surface area contributed by atoms with E-state index in [2.05, 4.69) is 19.2 Å². The molecule has 0 heterocycles. The highest BCUT2D eigenvalue weighted by Gasteiger charge is 2.17. The fourth-order valence-electron chi connectivity index (χ4n) is 2.26. The number of halogens is 1. The summed E-state index contributed by atoms with van der Waals surface area (Å²) in [6, 6.07) is 4.14. The van der Waals surface area contributed by atoms with Crippen molar-refractivity contribution in [3.8, 4) is 11.5 Å². The van der Waals surface area contributed by atoms with Gasteiger partial charge in [-0.2, -0.15) is 0 Å². The quantitative estimate of drug-likeness (QED) is 0.723. The van der Waals surface area contributed by atoms with E-state index in [0.717, 1.165) is 41.5 Å². The van der Waals surface area contributed by atoms with E-state index in [9.17, 15) is 0 Å². The van der Waals surface area contributed by atoms with E-state index in [4.69, 9.17) is 21.1 Å². The molecule has 0 bridgehead atoms. The first kappa shape index (κ1) is 17.1. The summed E-state index contributed by atoms with van der Waals surface area (Å²) >= 11 is 6.43. The van der Waals surface area contributed by atoms with Crippen molar-refractivity contribution in [2.45, 2.75) is 46.6 Å².